The Kier molecular flexibility index (Phi) is 9.23. The fourth-order valence-corrected chi connectivity index (χ4v) is 3.76. The zero-order valence-electron chi connectivity index (χ0n) is 20.7. The first-order chi connectivity index (χ1) is 17.4. The summed E-state index contributed by atoms with van der Waals surface area (Å²) in [4.78, 5) is 30.7. The number of nitrogens with one attached hydrogen (secondary N) is 2. The molecule has 8 nitrogen and oxygen atoms in total. The summed E-state index contributed by atoms with van der Waals surface area (Å²) in [6.45, 7) is 3.21. The van der Waals surface area contributed by atoms with E-state index >= 15 is 0 Å². The highest BCUT2D eigenvalue weighted by atomic mass is 35.5. The van der Waals surface area contributed by atoms with Gasteiger partial charge in [-0.25, -0.2) is 23.4 Å². The number of fused-ring (bicyclic) bond motifs is 1. The molecule has 1 atom stereocenters. The van der Waals surface area contributed by atoms with Gasteiger partial charge in [0.25, 0.3) is 0 Å². The summed E-state index contributed by atoms with van der Waals surface area (Å²) in [5.74, 6) is -0.646. The number of hydrogen-bond donors (Lipinski definition) is 3. The smallest absolute Gasteiger partial charge is 0.412 e. The van der Waals surface area contributed by atoms with Crippen molar-refractivity contribution in [3.05, 3.63) is 70.9 Å². The Morgan fingerprint density at radius 3 is 2.54 bits per heavy atom. The Morgan fingerprint density at radius 1 is 1.14 bits per heavy atom. The van der Waals surface area contributed by atoms with E-state index in [0.717, 1.165) is 6.07 Å². The quantitative estimate of drug-likeness (QED) is 0.337. The van der Waals surface area contributed by atoms with Crippen LogP contribution in [0.2, 0.25) is 5.02 Å². The number of benzene rings is 2. The molecule has 0 saturated carbocycles. The van der Waals surface area contributed by atoms with Crippen LogP contribution >= 0.6 is 11.6 Å². The van der Waals surface area contributed by atoms with Crippen molar-refractivity contribution >= 4 is 40.3 Å². The van der Waals surface area contributed by atoms with Crippen molar-refractivity contribution in [2.75, 3.05) is 19.0 Å². The van der Waals surface area contributed by atoms with Gasteiger partial charge in [0, 0.05) is 30.2 Å². The van der Waals surface area contributed by atoms with Gasteiger partial charge >= 0.3 is 12.1 Å². The van der Waals surface area contributed by atoms with Gasteiger partial charge in [-0.3, -0.25) is 5.32 Å². The summed E-state index contributed by atoms with van der Waals surface area (Å²) in [6.07, 6.45) is 1.34. The summed E-state index contributed by atoms with van der Waals surface area (Å²) in [5, 5.41) is 16.8. The Labute approximate surface area is 218 Å². The van der Waals surface area contributed by atoms with Crippen LogP contribution in [-0.2, 0) is 11.3 Å². The third-order valence-electron chi connectivity index (χ3n) is 5.72. The molecule has 0 aliphatic heterocycles. The predicted octanol–water partition coefficient (Wildman–Crippen LogP) is 5.48. The van der Waals surface area contributed by atoms with Crippen molar-refractivity contribution in [2.45, 2.75) is 44.9 Å². The van der Waals surface area contributed by atoms with Crippen molar-refractivity contribution in [1.29, 1.82) is 0 Å². The number of urea groups is 1. The Bertz CT molecular complexity index is 1270. The van der Waals surface area contributed by atoms with E-state index < -0.39 is 29.6 Å². The zero-order valence-corrected chi connectivity index (χ0v) is 21.5. The van der Waals surface area contributed by atoms with Crippen LogP contribution in [0.1, 0.15) is 32.3 Å². The minimum absolute atomic E-state index is 0.0688. The molecular formula is C26H29ClF2N4O4. The second-order valence-corrected chi connectivity index (χ2v) is 9.70. The molecule has 0 aliphatic rings. The van der Waals surface area contributed by atoms with Crippen LogP contribution in [0.5, 0.6) is 0 Å². The average molecular weight is 535 g/mol. The molecule has 0 aliphatic carbocycles. The zero-order chi connectivity index (χ0) is 27.2. The first-order valence-corrected chi connectivity index (χ1v) is 11.9. The molecule has 0 spiro atoms. The lowest BCUT2D eigenvalue weighted by atomic mass is 9.99. The largest absolute Gasteiger partial charge is 0.447 e. The number of hydrogen-bond acceptors (Lipinski definition) is 5. The van der Waals surface area contributed by atoms with Crippen molar-refractivity contribution in [3.8, 4) is 0 Å². The van der Waals surface area contributed by atoms with Crippen LogP contribution in [0, 0.1) is 11.6 Å². The molecule has 3 aromatic rings. The molecule has 0 saturated heterocycles. The third kappa shape index (κ3) is 8.54. The Balaban J connectivity index is 1.61. The lowest BCUT2D eigenvalue weighted by Gasteiger charge is -2.30. The van der Waals surface area contributed by atoms with E-state index in [0.29, 0.717) is 29.2 Å². The topological polar surface area (TPSA) is 104 Å². The molecule has 0 bridgehead atoms. The van der Waals surface area contributed by atoms with E-state index in [4.69, 9.17) is 16.3 Å². The highest BCUT2D eigenvalue weighted by Gasteiger charge is 2.25. The number of pyridine rings is 1. The summed E-state index contributed by atoms with van der Waals surface area (Å²) in [7, 11) is 1.54. The second-order valence-electron chi connectivity index (χ2n) is 9.29. The average Bonchev–Trinajstić information content (AvgIpc) is 2.82. The maximum atomic E-state index is 13.4. The summed E-state index contributed by atoms with van der Waals surface area (Å²) in [5.41, 5.74) is -0.451. The summed E-state index contributed by atoms with van der Waals surface area (Å²) < 4.78 is 32.0. The lowest BCUT2D eigenvalue weighted by Crippen LogP contribution is -2.46. The van der Waals surface area contributed by atoms with Gasteiger partial charge in [-0.2, -0.15) is 0 Å². The molecule has 11 heteroatoms. The molecule has 198 valence electrons. The van der Waals surface area contributed by atoms with Gasteiger partial charge in [0.1, 0.15) is 24.1 Å². The number of amides is 3. The summed E-state index contributed by atoms with van der Waals surface area (Å²) in [6, 6.07) is 8.66. The molecular weight excluding hydrogens is 506 g/mol. The van der Waals surface area contributed by atoms with Gasteiger partial charge < -0.3 is 20.1 Å². The van der Waals surface area contributed by atoms with Crippen LogP contribution in [0.4, 0.5) is 24.2 Å². The summed E-state index contributed by atoms with van der Waals surface area (Å²) >= 11 is 6.03. The van der Waals surface area contributed by atoms with Crippen molar-refractivity contribution in [1.82, 2.24) is 15.2 Å². The van der Waals surface area contributed by atoms with Gasteiger partial charge in [-0.15, -0.1) is 0 Å². The highest BCUT2D eigenvalue weighted by molar-refractivity contribution is 6.31. The van der Waals surface area contributed by atoms with E-state index in [9.17, 15) is 23.5 Å². The van der Waals surface area contributed by atoms with E-state index in [2.05, 4.69) is 15.6 Å². The molecule has 1 heterocycles. The lowest BCUT2D eigenvalue weighted by molar-refractivity contribution is 0.0521. The van der Waals surface area contributed by atoms with Crippen LogP contribution in [0.3, 0.4) is 0 Å². The van der Waals surface area contributed by atoms with E-state index in [1.54, 1.807) is 33.0 Å². The molecule has 1 aromatic heterocycles. The Morgan fingerprint density at radius 2 is 1.84 bits per heavy atom. The van der Waals surface area contributed by atoms with Crippen molar-refractivity contribution in [2.24, 2.45) is 0 Å². The van der Waals surface area contributed by atoms with Crippen LogP contribution < -0.4 is 10.6 Å². The maximum Gasteiger partial charge on any atom is 0.412 e. The van der Waals surface area contributed by atoms with Gasteiger partial charge in [0.05, 0.1) is 11.6 Å². The number of halogens is 3. The van der Waals surface area contributed by atoms with Crippen LogP contribution in [0.15, 0.2) is 48.7 Å². The van der Waals surface area contributed by atoms with Crippen LogP contribution in [-0.4, -0.2) is 52.4 Å². The fraction of sp³-hybridized carbons (Fsp3) is 0.346. The van der Waals surface area contributed by atoms with E-state index in [-0.39, 0.29) is 29.8 Å². The van der Waals surface area contributed by atoms with Gasteiger partial charge in [-0.1, -0.05) is 23.7 Å². The van der Waals surface area contributed by atoms with E-state index in [1.807, 2.05) is 0 Å². The number of aliphatic hydroxyl groups is 1. The molecule has 37 heavy (non-hydrogen) atoms. The second kappa shape index (κ2) is 12.2. The predicted molar refractivity (Wildman–Crippen MR) is 137 cm³/mol. The number of carbonyl (C=O) groups is 2. The maximum absolute atomic E-state index is 13.4. The minimum atomic E-state index is -0.992. The molecule has 0 radical (unpaired) electrons. The fourth-order valence-electron chi connectivity index (χ4n) is 3.53. The number of nitrogens with zero attached hydrogens (tertiary/aromatic N) is 2. The number of likely N-dealkylation sites (N-methyl/N-ethyl adjacent to an activating group) is 1. The van der Waals surface area contributed by atoms with Crippen molar-refractivity contribution < 1.29 is 28.2 Å². The van der Waals surface area contributed by atoms with E-state index in [1.165, 1.54) is 35.4 Å². The number of ether oxygens (including phenoxy) is 1. The number of aromatic nitrogens is 1. The molecule has 3 N–H and O–H groups in total. The molecule has 2 aromatic carbocycles. The Hall–Kier alpha value is -3.50. The monoisotopic (exact) mass is 534 g/mol. The van der Waals surface area contributed by atoms with Crippen molar-refractivity contribution in [3.63, 3.8) is 0 Å². The van der Waals surface area contributed by atoms with Gasteiger partial charge in [-0.05, 0) is 68.0 Å². The standard InChI is InChI=1S/C26H29ClF2N4O4/c1-26(2,36)9-8-21(33(3)24(34)31-13-17-5-7-20(29)12-22(17)27)15-37-25(35)32-23-11-16-4-6-19(28)10-18(16)14-30-23/h4-7,10-12,14,21,36H,8-9,13,15H2,1-3H3,(H,31,34)(H,30,32,35)/t21-/m0/s1. The first kappa shape index (κ1) is 28.1. The number of anilines is 1. The normalized spacial score (nSPS) is 12.2. The van der Waals surface area contributed by atoms with Crippen LogP contribution in [0.25, 0.3) is 10.8 Å². The van der Waals surface area contributed by atoms with Gasteiger partial charge in [0.2, 0.25) is 0 Å². The molecule has 0 fully saturated rings. The first-order valence-electron chi connectivity index (χ1n) is 11.6. The molecule has 3 rings (SSSR count). The number of carbonyl (C=O) groups excluding carboxylic acids is 2. The molecule has 3 amide bonds. The number of rotatable bonds is 9. The SMILES string of the molecule is CN(C(=O)NCc1ccc(F)cc1Cl)[C@@H](CCC(C)(C)O)COC(=O)Nc1cc2ccc(F)cc2cn1. The van der Waals surface area contributed by atoms with Gasteiger partial charge in [0.15, 0.2) is 0 Å². The minimum Gasteiger partial charge on any atom is -0.447 e. The highest BCUT2D eigenvalue weighted by Crippen LogP contribution is 2.20. The third-order valence-corrected chi connectivity index (χ3v) is 6.08. The molecule has 0 unspecified atom stereocenters.